The lowest BCUT2D eigenvalue weighted by molar-refractivity contribution is 0.0143. The number of fused-ring (bicyclic) bond motifs is 3. The molecule has 1 spiro atoms. The number of nitrogens with zero attached hydrogens (tertiary/aromatic N) is 3. The molecule has 0 saturated heterocycles. The second-order valence-electron chi connectivity index (χ2n) is 15.7. The molecule has 4 aromatic rings. The Hall–Kier alpha value is -4.71. The summed E-state index contributed by atoms with van der Waals surface area (Å²) in [5.41, 5.74) is 4.45. The fourth-order valence-corrected chi connectivity index (χ4v) is 10.2. The molecule has 1 amide bonds. The van der Waals surface area contributed by atoms with E-state index in [-0.39, 0.29) is 35.2 Å². The van der Waals surface area contributed by atoms with Crippen molar-refractivity contribution in [1.82, 2.24) is 9.21 Å². The third-order valence-electron chi connectivity index (χ3n) is 11.8. The molecule has 1 saturated carbocycles. The topological polar surface area (TPSA) is 97.9 Å². The van der Waals surface area contributed by atoms with E-state index in [2.05, 4.69) is 23.6 Å². The van der Waals surface area contributed by atoms with Crippen LogP contribution in [0.4, 0.5) is 10.5 Å². The van der Waals surface area contributed by atoms with E-state index >= 15 is 0 Å². The molecule has 1 aliphatic heterocycles. The quantitative estimate of drug-likeness (QED) is 0.124. The summed E-state index contributed by atoms with van der Waals surface area (Å²) in [6.45, 7) is 5.98. The Balaban J connectivity index is 1.27. The minimum Gasteiger partial charge on any atom is -0.497 e. The largest absolute Gasteiger partial charge is 0.497 e. The van der Waals surface area contributed by atoms with Crippen LogP contribution in [0.5, 0.6) is 17.2 Å². The molecule has 1 fully saturated rings. The van der Waals surface area contributed by atoms with Crippen molar-refractivity contribution in [2.75, 3.05) is 52.9 Å². The van der Waals surface area contributed by atoms with Gasteiger partial charge in [-0.2, -0.15) is 4.31 Å². The molecule has 12 heteroatoms. The van der Waals surface area contributed by atoms with Crippen LogP contribution >= 0.6 is 11.6 Å². The smallest absolute Gasteiger partial charge is 0.409 e. The highest BCUT2D eigenvalue weighted by Gasteiger charge is 2.45. The van der Waals surface area contributed by atoms with Gasteiger partial charge in [0.1, 0.15) is 23.4 Å². The number of benzene rings is 4. The minimum atomic E-state index is -4.07. The van der Waals surface area contributed by atoms with Gasteiger partial charge in [-0.3, -0.25) is 0 Å². The molecule has 4 atom stereocenters. The number of halogens is 1. The van der Waals surface area contributed by atoms with E-state index in [0.29, 0.717) is 42.0 Å². The second kappa shape index (κ2) is 17.0. The minimum absolute atomic E-state index is 0.0715. The number of hydrogen-bond acceptors (Lipinski definition) is 8. The van der Waals surface area contributed by atoms with Crippen molar-refractivity contribution in [2.45, 2.75) is 61.6 Å². The molecule has 10 nitrogen and oxygen atoms in total. The van der Waals surface area contributed by atoms with Crippen molar-refractivity contribution >= 4 is 33.4 Å². The van der Waals surface area contributed by atoms with Crippen LogP contribution in [0.25, 0.3) is 0 Å². The molecule has 302 valence electrons. The zero-order valence-electron chi connectivity index (χ0n) is 33.2. The van der Waals surface area contributed by atoms with Crippen LogP contribution in [0.1, 0.15) is 47.9 Å². The number of hydrogen-bond donors (Lipinski definition) is 0. The Morgan fingerprint density at radius 2 is 1.75 bits per heavy atom. The summed E-state index contributed by atoms with van der Waals surface area (Å²) in [6, 6.07) is 26.3. The Labute approximate surface area is 342 Å². The molecule has 0 N–H and O–H groups in total. The fraction of sp³-hybridized carbons (Fsp3) is 0.400. The van der Waals surface area contributed by atoms with Gasteiger partial charge in [-0.05, 0) is 115 Å². The van der Waals surface area contributed by atoms with E-state index in [1.54, 1.807) is 52.6 Å². The molecule has 4 aromatic carbocycles. The maximum atomic E-state index is 14.9. The van der Waals surface area contributed by atoms with E-state index < -0.39 is 22.2 Å². The predicted molar refractivity (Wildman–Crippen MR) is 223 cm³/mol. The van der Waals surface area contributed by atoms with Crippen LogP contribution in [-0.2, 0) is 39.7 Å². The number of ether oxygens (including phenoxy) is 4. The maximum Gasteiger partial charge on any atom is 0.409 e. The van der Waals surface area contributed by atoms with Gasteiger partial charge in [0.2, 0.25) is 10.0 Å². The van der Waals surface area contributed by atoms with Gasteiger partial charge in [0.15, 0.2) is 0 Å². The van der Waals surface area contributed by atoms with Gasteiger partial charge in [0.05, 0.1) is 31.4 Å². The number of aryl methyl sites for hydroxylation is 1. The van der Waals surface area contributed by atoms with Crippen LogP contribution in [0, 0.1) is 11.8 Å². The highest BCUT2D eigenvalue weighted by atomic mass is 35.5. The van der Waals surface area contributed by atoms with E-state index in [0.717, 1.165) is 48.9 Å². The summed E-state index contributed by atoms with van der Waals surface area (Å²) in [4.78, 5) is 16.6. The first-order chi connectivity index (χ1) is 27.4. The standard InChI is InChI=1S/C45H52ClN3O7S/c1-6-42(56-44(50)47(2)3)39-19-14-34(39)28-48-29-45(22-8-10-33-24-35(46)15-20-40(33)45)30-55-43-21-18-38(25-41(43)48)57(51,52)49(26-31-12-16-36(53-4)17-13-31)27-32-9-7-11-37(23-32)54-5/h6-7,9,11-13,15-18,20-21,23-25,34,39,42H,1,8,10,14,19,22,26-30H2,2-5H3/t34-,39+,42?,45-/m0/s1. The fourth-order valence-electron chi connectivity index (χ4n) is 8.61. The molecular weight excluding hydrogens is 762 g/mol. The SMILES string of the molecule is C=CC(OC(=O)N(C)C)[C@@H]1CC[C@H]1CN1C[C@@]2(CCCc3cc(Cl)ccc32)COc2ccc(S(=O)(=O)N(Cc3ccc(OC)cc3)Cc3cccc(OC)c3)cc21. The molecule has 0 radical (unpaired) electrons. The summed E-state index contributed by atoms with van der Waals surface area (Å²) in [7, 11) is 2.47. The summed E-state index contributed by atoms with van der Waals surface area (Å²) in [6.07, 6.45) is 5.55. The molecule has 3 aliphatic rings. The van der Waals surface area contributed by atoms with Crippen LogP contribution in [0.2, 0.25) is 5.02 Å². The summed E-state index contributed by atoms with van der Waals surface area (Å²) >= 11 is 6.50. The number of sulfonamides is 1. The monoisotopic (exact) mass is 813 g/mol. The molecule has 57 heavy (non-hydrogen) atoms. The average Bonchev–Trinajstić information content (AvgIpc) is 3.35. The van der Waals surface area contributed by atoms with Crippen LogP contribution in [-0.4, -0.2) is 77.8 Å². The number of rotatable bonds is 13. The summed E-state index contributed by atoms with van der Waals surface area (Å²) in [5, 5.41) is 0.712. The number of carbonyl (C=O) groups is 1. The van der Waals surface area contributed by atoms with Crippen molar-refractivity contribution < 1.29 is 32.2 Å². The molecule has 2 aliphatic carbocycles. The lowest BCUT2D eigenvalue weighted by Crippen LogP contribution is -2.50. The van der Waals surface area contributed by atoms with Gasteiger partial charge in [0, 0.05) is 56.6 Å². The van der Waals surface area contributed by atoms with Crippen molar-refractivity contribution in [1.29, 1.82) is 0 Å². The van der Waals surface area contributed by atoms with Crippen molar-refractivity contribution in [2.24, 2.45) is 11.8 Å². The van der Waals surface area contributed by atoms with Gasteiger partial charge in [-0.1, -0.05) is 54.6 Å². The molecule has 7 rings (SSSR count). The Morgan fingerprint density at radius 3 is 2.46 bits per heavy atom. The van der Waals surface area contributed by atoms with E-state index in [1.807, 2.05) is 54.6 Å². The Bertz CT molecular complexity index is 2200. The first-order valence-corrected chi connectivity index (χ1v) is 21.3. The number of carbonyl (C=O) groups excluding carboxylic acids is 1. The Morgan fingerprint density at radius 1 is 0.982 bits per heavy atom. The normalized spacial score (nSPS) is 20.6. The van der Waals surface area contributed by atoms with Gasteiger partial charge >= 0.3 is 6.09 Å². The zero-order chi connectivity index (χ0) is 40.3. The molecule has 1 unspecified atom stereocenters. The Kier molecular flexibility index (Phi) is 12.1. The van der Waals surface area contributed by atoms with Gasteiger partial charge in [-0.25, -0.2) is 13.2 Å². The second-order valence-corrected chi connectivity index (χ2v) is 18.1. The van der Waals surface area contributed by atoms with E-state index in [1.165, 1.54) is 20.3 Å². The van der Waals surface area contributed by atoms with Crippen LogP contribution in [0.3, 0.4) is 0 Å². The molecule has 1 heterocycles. The highest BCUT2D eigenvalue weighted by molar-refractivity contribution is 7.89. The average molecular weight is 814 g/mol. The molecule has 0 aromatic heterocycles. The molecule has 0 bridgehead atoms. The first kappa shape index (κ1) is 40.5. The summed E-state index contributed by atoms with van der Waals surface area (Å²) < 4.78 is 54.9. The molecular formula is C45H52ClN3O7S. The van der Waals surface area contributed by atoms with E-state index in [9.17, 15) is 13.2 Å². The number of amides is 1. The lowest BCUT2D eigenvalue weighted by atomic mass is 9.68. The van der Waals surface area contributed by atoms with Crippen molar-refractivity contribution in [3.05, 3.63) is 125 Å². The summed E-state index contributed by atoms with van der Waals surface area (Å²) in [5.74, 6) is 2.22. The van der Waals surface area contributed by atoms with E-state index in [4.69, 9.17) is 30.5 Å². The third-order valence-corrected chi connectivity index (χ3v) is 13.9. The highest BCUT2D eigenvalue weighted by Crippen LogP contribution is 2.47. The predicted octanol–water partition coefficient (Wildman–Crippen LogP) is 8.50. The first-order valence-electron chi connectivity index (χ1n) is 19.5. The van der Waals surface area contributed by atoms with Gasteiger partial charge in [-0.15, -0.1) is 0 Å². The lowest BCUT2D eigenvalue weighted by Gasteiger charge is -2.46. The maximum absolute atomic E-state index is 14.9. The third kappa shape index (κ3) is 8.61. The van der Waals surface area contributed by atoms with Crippen LogP contribution < -0.4 is 19.1 Å². The van der Waals surface area contributed by atoms with Crippen molar-refractivity contribution in [3.8, 4) is 17.2 Å². The van der Waals surface area contributed by atoms with Gasteiger partial charge in [0.25, 0.3) is 0 Å². The zero-order valence-corrected chi connectivity index (χ0v) is 34.7. The van der Waals surface area contributed by atoms with Gasteiger partial charge < -0.3 is 28.7 Å². The van der Waals surface area contributed by atoms with Crippen molar-refractivity contribution in [3.63, 3.8) is 0 Å². The van der Waals surface area contributed by atoms with Crippen LogP contribution in [0.15, 0.2) is 102 Å². The number of anilines is 1. The number of methoxy groups -OCH3 is 2.